The van der Waals surface area contributed by atoms with Gasteiger partial charge in [-0.15, -0.1) is 0 Å². The Hall–Kier alpha value is -1.13. The molecule has 4 nitrogen and oxygen atoms in total. The van der Waals surface area contributed by atoms with E-state index in [1.807, 2.05) is 6.07 Å². The lowest BCUT2D eigenvalue weighted by atomic mass is 9.85. The first-order valence-electron chi connectivity index (χ1n) is 8.23. The van der Waals surface area contributed by atoms with Crippen LogP contribution in [-0.2, 0) is 6.54 Å². The van der Waals surface area contributed by atoms with Gasteiger partial charge in [0.2, 0.25) is 5.88 Å². The van der Waals surface area contributed by atoms with Gasteiger partial charge in [0.25, 0.3) is 0 Å². The van der Waals surface area contributed by atoms with Crippen molar-refractivity contribution < 1.29 is 4.74 Å². The number of piperidine rings is 1. The molecule has 0 unspecified atom stereocenters. The number of hydrogen-bond acceptors (Lipinski definition) is 4. The standard InChI is InChI=1S/C17H27N3O/c1-3-20-11-5-7-17(20)8-12-19(13-9-17)14-15-6-4-10-18-16(15)21-2/h4,6,10H,3,5,7-9,11-14H2,1-2H3. The van der Waals surface area contributed by atoms with Gasteiger partial charge in [-0.25, -0.2) is 4.98 Å². The van der Waals surface area contributed by atoms with Crippen molar-refractivity contribution >= 4 is 0 Å². The molecule has 2 saturated heterocycles. The summed E-state index contributed by atoms with van der Waals surface area (Å²) >= 11 is 0. The molecule has 116 valence electrons. The molecule has 3 heterocycles. The Morgan fingerprint density at radius 3 is 2.76 bits per heavy atom. The summed E-state index contributed by atoms with van der Waals surface area (Å²) in [5.74, 6) is 0.772. The average Bonchev–Trinajstić information content (AvgIpc) is 2.93. The smallest absolute Gasteiger partial charge is 0.217 e. The maximum absolute atomic E-state index is 5.37. The third kappa shape index (κ3) is 2.92. The minimum absolute atomic E-state index is 0.504. The molecule has 21 heavy (non-hydrogen) atoms. The highest BCUT2D eigenvalue weighted by atomic mass is 16.5. The predicted octanol–water partition coefficient (Wildman–Crippen LogP) is 2.54. The van der Waals surface area contributed by atoms with Gasteiger partial charge in [-0.2, -0.15) is 0 Å². The van der Waals surface area contributed by atoms with Crippen molar-refractivity contribution in [3.05, 3.63) is 23.9 Å². The molecular formula is C17H27N3O. The van der Waals surface area contributed by atoms with Crippen LogP contribution >= 0.6 is 0 Å². The summed E-state index contributed by atoms with van der Waals surface area (Å²) in [5.41, 5.74) is 1.71. The highest BCUT2D eigenvalue weighted by Gasteiger charge is 2.42. The normalized spacial score (nSPS) is 22.8. The van der Waals surface area contributed by atoms with E-state index in [1.54, 1.807) is 13.3 Å². The summed E-state index contributed by atoms with van der Waals surface area (Å²) in [6.07, 6.45) is 7.19. The van der Waals surface area contributed by atoms with Crippen LogP contribution in [0.15, 0.2) is 18.3 Å². The van der Waals surface area contributed by atoms with Crippen LogP contribution in [0.5, 0.6) is 5.88 Å². The van der Waals surface area contributed by atoms with Crippen molar-refractivity contribution in [1.29, 1.82) is 0 Å². The van der Waals surface area contributed by atoms with Gasteiger partial charge in [0.15, 0.2) is 0 Å². The molecule has 1 spiro atoms. The van der Waals surface area contributed by atoms with Gasteiger partial charge in [-0.05, 0) is 44.8 Å². The van der Waals surface area contributed by atoms with E-state index in [1.165, 1.54) is 57.4 Å². The molecule has 3 rings (SSSR count). The van der Waals surface area contributed by atoms with Gasteiger partial charge >= 0.3 is 0 Å². The summed E-state index contributed by atoms with van der Waals surface area (Å²) < 4.78 is 5.37. The quantitative estimate of drug-likeness (QED) is 0.851. The van der Waals surface area contributed by atoms with Gasteiger partial charge in [-0.3, -0.25) is 9.80 Å². The highest BCUT2D eigenvalue weighted by molar-refractivity contribution is 5.25. The summed E-state index contributed by atoms with van der Waals surface area (Å²) in [4.78, 5) is 9.57. The first kappa shape index (κ1) is 14.8. The summed E-state index contributed by atoms with van der Waals surface area (Å²) in [6, 6.07) is 4.13. The highest BCUT2D eigenvalue weighted by Crippen LogP contribution is 2.38. The first-order valence-corrected chi connectivity index (χ1v) is 8.23. The van der Waals surface area contributed by atoms with Crippen molar-refractivity contribution in [1.82, 2.24) is 14.8 Å². The molecule has 4 heteroatoms. The number of hydrogen-bond donors (Lipinski definition) is 0. The lowest BCUT2D eigenvalue weighted by molar-refractivity contribution is 0.0533. The van der Waals surface area contributed by atoms with Crippen molar-refractivity contribution in [2.75, 3.05) is 33.3 Å². The van der Waals surface area contributed by atoms with Crippen molar-refractivity contribution in [3.63, 3.8) is 0 Å². The zero-order valence-corrected chi connectivity index (χ0v) is 13.3. The molecule has 1 aromatic rings. The van der Waals surface area contributed by atoms with E-state index in [-0.39, 0.29) is 0 Å². The molecule has 0 amide bonds. The molecule has 2 aliphatic rings. The molecule has 0 N–H and O–H groups in total. The van der Waals surface area contributed by atoms with Gasteiger partial charge in [0.05, 0.1) is 7.11 Å². The topological polar surface area (TPSA) is 28.6 Å². The second-order valence-electron chi connectivity index (χ2n) is 6.36. The third-order valence-electron chi connectivity index (χ3n) is 5.35. The number of aromatic nitrogens is 1. The molecule has 0 bridgehead atoms. The van der Waals surface area contributed by atoms with Crippen molar-refractivity contribution in [2.45, 2.75) is 44.7 Å². The summed E-state index contributed by atoms with van der Waals surface area (Å²) in [6.45, 7) is 8.14. The Bertz CT molecular complexity index is 469. The Kier molecular flexibility index (Phi) is 4.45. The van der Waals surface area contributed by atoms with E-state index in [9.17, 15) is 0 Å². The van der Waals surface area contributed by atoms with E-state index < -0.39 is 0 Å². The van der Waals surface area contributed by atoms with Gasteiger partial charge in [0, 0.05) is 36.9 Å². The number of pyridine rings is 1. The van der Waals surface area contributed by atoms with E-state index in [2.05, 4.69) is 27.8 Å². The monoisotopic (exact) mass is 289 g/mol. The second-order valence-corrected chi connectivity index (χ2v) is 6.36. The van der Waals surface area contributed by atoms with Gasteiger partial charge < -0.3 is 4.74 Å². The fourth-order valence-electron chi connectivity index (χ4n) is 4.15. The van der Waals surface area contributed by atoms with Gasteiger partial charge in [0.1, 0.15) is 0 Å². The number of likely N-dealkylation sites (tertiary alicyclic amines) is 2. The van der Waals surface area contributed by atoms with Crippen LogP contribution in [0, 0.1) is 0 Å². The SMILES string of the molecule is CCN1CCCC12CCN(Cc1cccnc1OC)CC2. The minimum atomic E-state index is 0.504. The van der Waals surface area contributed by atoms with E-state index >= 15 is 0 Å². The van der Waals surface area contributed by atoms with E-state index in [0.29, 0.717) is 5.54 Å². The predicted molar refractivity (Wildman–Crippen MR) is 84.5 cm³/mol. The van der Waals surface area contributed by atoms with Crippen molar-refractivity contribution in [2.24, 2.45) is 0 Å². The molecule has 1 aromatic heterocycles. The Morgan fingerprint density at radius 2 is 2.05 bits per heavy atom. The fourth-order valence-corrected chi connectivity index (χ4v) is 4.15. The number of methoxy groups -OCH3 is 1. The molecule has 0 atom stereocenters. The van der Waals surface area contributed by atoms with Crippen LogP contribution in [0.2, 0.25) is 0 Å². The molecule has 2 fully saturated rings. The minimum Gasteiger partial charge on any atom is -0.481 e. The Balaban J connectivity index is 1.61. The van der Waals surface area contributed by atoms with E-state index in [0.717, 1.165) is 12.4 Å². The number of rotatable bonds is 4. The van der Waals surface area contributed by atoms with E-state index in [4.69, 9.17) is 4.74 Å². The number of nitrogens with zero attached hydrogens (tertiary/aromatic N) is 3. The summed E-state index contributed by atoms with van der Waals surface area (Å²) in [5, 5.41) is 0. The molecule has 0 radical (unpaired) electrons. The van der Waals surface area contributed by atoms with Gasteiger partial charge in [-0.1, -0.05) is 13.0 Å². The first-order chi connectivity index (χ1) is 10.3. The van der Waals surface area contributed by atoms with Crippen LogP contribution in [0.3, 0.4) is 0 Å². The average molecular weight is 289 g/mol. The molecule has 0 aromatic carbocycles. The number of ether oxygens (including phenoxy) is 1. The molecule has 0 aliphatic carbocycles. The Labute approximate surface area is 128 Å². The van der Waals surface area contributed by atoms with Crippen LogP contribution < -0.4 is 4.74 Å². The molecule has 2 aliphatic heterocycles. The zero-order valence-electron chi connectivity index (χ0n) is 13.3. The maximum Gasteiger partial charge on any atom is 0.217 e. The van der Waals surface area contributed by atoms with Crippen LogP contribution in [0.25, 0.3) is 0 Å². The second kappa shape index (κ2) is 6.32. The lowest BCUT2D eigenvalue weighted by Crippen LogP contribution is -2.51. The van der Waals surface area contributed by atoms with Crippen LogP contribution in [0.1, 0.15) is 38.2 Å². The zero-order chi connectivity index (χ0) is 14.7. The largest absolute Gasteiger partial charge is 0.481 e. The van der Waals surface area contributed by atoms with Crippen molar-refractivity contribution in [3.8, 4) is 5.88 Å². The third-order valence-corrected chi connectivity index (χ3v) is 5.35. The lowest BCUT2D eigenvalue weighted by Gasteiger charge is -2.45. The van der Waals surface area contributed by atoms with Crippen LogP contribution in [0.4, 0.5) is 0 Å². The van der Waals surface area contributed by atoms with Crippen LogP contribution in [-0.4, -0.2) is 53.6 Å². The Morgan fingerprint density at radius 1 is 1.24 bits per heavy atom. The molecular weight excluding hydrogens is 262 g/mol. The fraction of sp³-hybridized carbons (Fsp3) is 0.706. The maximum atomic E-state index is 5.37. The summed E-state index contributed by atoms with van der Waals surface area (Å²) in [7, 11) is 1.70. The molecule has 0 saturated carbocycles.